The SMILES string of the molecule is CC/C=C\C/C=C\C/C=C\C/C=C\C/C=C\CC(=O)OCC(COP(=O)(O)OCC(O)COP(=O)(O)OCC(COC(=O)CCCCCCCCCCCCCCC)OC(=O)CCCCCCCCCCCCC)OC(=O)CCCC/C=C\C/C=C\C/C=C\C/C=C\CC. The lowest BCUT2D eigenvalue weighted by Crippen LogP contribution is -2.30. The Bertz CT molecular complexity index is 2220. The Morgan fingerprint density at radius 2 is 0.596 bits per heavy atom. The Morgan fingerprint density at radius 1 is 0.319 bits per heavy atom. The molecule has 0 amide bonds. The zero-order valence-corrected chi connectivity index (χ0v) is 60.4. The fourth-order valence-corrected chi connectivity index (χ4v) is 10.9. The monoisotopic (exact) mass is 1360 g/mol. The molecule has 0 aromatic rings. The summed E-state index contributed by atoms with van der Waals surface area (Å²) in [5.74, 6) is -2.36. The summed E-state index contributed by atoms with van der Waals surface area (Å²) in [6.45, 7) is 4.47. The summed E-state index contributed by atoms with van der Waals surface area (Å²) >= 11 is 0. The molecule has 3 N–H and O–H groups in total. The van der Waals surface area contributed by atoms with Gasteiger partial charge in [-0.3, -0.25) is 37.3 Å². The molecule has 0 aliphatic carbocycles. The zero-order valence-electron chi connectivity index (χ0n) is 58.6. The summed E-state index contributed by atoms with van der Waals surface area (Å²) in [5, 5.41) is 10.6. The molecule has 0 aliphatic heterocycles. The number of ether oxygens (including phenoxy) is 4. The number of aliphatic hydroxyl groups is 1. The van der Waals surface area contributed by atoms with Crippen LogP contribution >= 0.6 is 15.6 Å². The molecule has 0 saturated carbocycles. The maximum atomic E-state index is 13.0. The van der Waals surface area contributed by atoms with Gasteiger partial charge in [0, 0.05) is 19.3 Å². The number of phosphoric ester groups is 2. The molecule has 0 heterocycles. The van der Waals surface area contributed by atoms with Crippen LogP contribution in [-0.2, 0) is 65.4 Å². The molecule has 0 rings (SSSR count). The van der Waals surface area contributed by atoms with Crippen LogP contribution in [0.2, 0.25) is 0 Å². The van der Waals surface area contributed by atoms with E-state index in [-0.39, 0.29) is 25.7 Å². The number of aliphatic hydroxyl groups excluding tert-OH is 1. The van der Waals surface area contributed by atoms with Crippen molar-refractivity contribution in [2.24, 2.45) is 0 Å². The fourth-order valence-electron chi connectivity index (χ4n) is 9.34. The summed E-state index contributed by atoms with van der Waals surface area (Å²) in [5.41, 5.74) is 0. The first-order chi connectivity index (χ1) is 45.7. The minimum atomic E-state index is -5.00. The molecular formula is C75H128O17P2. The van der Waals surface area contributed by atoms with Gasteiger partial charge in [0.25, 0.3) is 0 Å². The van der Waals surface area contributed by atoms with E-state index < -0.39 is 97.5 Å². The fraction of sp³-hybridized carbons (Fsp3) is 0.707. The van der Waals surface area contributed by atoms with Crippen LogP contribution in [0, 0.1) is 0 Å². The number of hydrogen-bond donors (Lipinski definition) is 3. The number of carbonyl (C=O) groups excluding carboxylic acids is 4. The molecule has 17 nitrogen and oxygen atoms in total. The van der Waals surface area contributed by atoms with E-state index in [1.165, 1.54) is 96.3 Å². The van der Waals surface area contributed by atoms with Crippen LogP contribution in [0.1, 0.15) is 285 Å². The van der Waals surface area contributed by atoms with Gasteiger partial charge in [0.05, 0.1) is 32.8 Å². The van der Waals surface area contributed by atoms with Crippen LogP contribution in [0.25, 0.3) is 0 Å². The molecule has 0 fully saturated rings. The van der Waals surface area contributed by atoms with Gasteiger partial charge in [0.2, 0.25) is 0 Å². The van der Waals surface area contributed by atoms with Crippen molar-refractivity contribution in [3.05, 3.63) is 109 Å². The second-order valence-corrected chi connectivity index (χ2v) is 26.7. The van der Waals surface area contributed by atoms with Gasteiger partial charge in [-0.2, -0.15) is 0 Å². The number of carbonyl (C=O) groups is 4. The van der Waals surface area contributed by atoms with Gasteiger partial charge in [-0.25, -0.2) is 9.13 Å². The Kier molecular flexibility index (Phi) is 64.2. The van der Waals surface area contributed by atoms with E-state index >= 15 is 0 Å². The quantitative estimate of drug-likeness (QED) is 0.0169. The highest BCUT2D eigenvalue weighted by molar-refractivity contribution is 7.47. The average molecular weight is 1360 g/mol. The lowest BCUT2D eigenvalue weighted by molar-refractivity contribution is -0.161. The molecule has 5 unspecified atom stereocenters. The minimum Gasteiger partial charge on any atom is -0.462 e. The summed E-state index contributed by atoms with van der Waals surface area (Å²) < 4.78 is 68.1. The molecule has 0 aromatic heterocycles. The van der Waals surface area contributed by atoms with E-state index in [2.05, 4.69) is 107 Å². The molecule has 0 bridgehead atoms. The number of allylic oxidation sites excluding steroid dienone is 17. The molecule has 0 radical (unpaired) electrons. The molecule has 5 atom stereocenters. The van der Waals surface area contributed by atoms with Gasteiger partial charge in [0.1, 0.15) is 19.3 Å². The Morgan fingerprint density at radius 3 is 0.947 bits per heavy atom. The van der Waals surface area contributed by atoms with Gasteiger partial charge in [-0.15, -0.1) is 0 Å². The summed E-state index contributed by atoms with van der Waals surface area (Å²) in [6, 6.07) is 0. The molecule has 19 heteroatoms. The van der Waals surface area contributed by atoms with Crippen molar-refractivity contribution in [1.82, 2.24) is 0 Å². The van der Waals surface area contributed by atoms with Gasteiger partial charge >= 0.3 is 39.5 Å². The van der Waals surface area contributed by atoms with Crippen molar-refractivity contribution in [3.63, 3.8) is 0 Å². The van der Waals surface area contributed by atoms with Crippen molar-refractivity contribution in [2.45, 2.75) is 303 Å². The van der Waals surface area contributed by atoms with E-state index in [1.54, 1.807) is 6.08 Å². The van der Waals surface area contributed by atoms with Crippen molar-refractivity contribution in [2.75, 3.05) is 39.6 Å². The van der Waals surface area contributed by atoms with Crippen LogP contribution in [-0.4, -0.2) is 96.7 Å². The third kappa shape index (κ3) is 66.3. The van der Waals surface area contributed by atoms with Gasteiger partial charge in [0.15, 0.2) is 12.2 Å². The van der Waals surface area contributed by atoms with Crippen molar-refractivity contribution >= 4 is 39.5 Å². The molecule has 0 saturated heterocycles. The van der Waals surface area contributed by atoms with Crippen LogP contribution in [0.5, 0.6) is 0 Å². The van der Waals surface area contributed by atoms with E-state index in [4.69, 9.17) is 37.0 Å². The number of phosphoric acid groups is 2. The molecule has 0 aromatic carbocycles. The van der Waals surface area contributed by atoms with Gasteiger partial charge in [-0.05, 0) is 89.9 Å². The van der Waals surface area contributed by atoms with E-state index in [0.717, 1.165) is 103 Å². The predicted octanol–water partition coefficient (Wildman–Crippen LogP) is 20.2. The molecule has 94 heavy (non-hydrogen) atoms. The number of esters is 4. The average Bonchev–Trinajstić information content (AvgIpc) is 1.36. The summed E-state index contributed by atoms with van der Waals surface area (Å²) in [4.78, 5) is 72.5. The van der Waals surface area contributed by atoms with Gasteiger partial charge < -0.3 is 33.8 Å². The second kappa shape index (κ2) is 67.3. The minimum absolute atomic E-state index is 0.0220. The normalized spacial score (nSPS) is 14.7. The van der Waals surface area contributed by atoms with Crippen LogP contribution in [0.15, 0.2) is 109 Å². The lowest BCUT2D eigenvalue weighted by atomic mass is 10.0. The van der Waals surface area contributed by atoms with Crippen molar-refractivity contribution in [3.8, 4) is 0 Å². The third-order valence-electron chi connectivity index (χ3n) is 14.8. The highest BCUT2D eigenvalue weighted by Gasteiger charge is 2.30. The molecule has 0 spiro atoms. The van der Waals surface area contributed by atoms with E-state index in [9.17, 15) is 43.2 Å². The standard InChI is InChI=1S/C75H128O17P2/c1-5-9-13-17-21-25-29-32-34-37-41-44-48-52-56-60-73(78)86-66-71(92-75(80)62-58-54-50-46-42-38-35-33-30-26-22-18-14-10-6-2)68-90-94(83,84)88-64-69(76)63-87-93(81,82)89-67-70(91-74(79)61-57-53-49-45-39-28-24-20-16-12-8-4)65-85-72(77)59-55-51-47-43-40-36-31-27-23-19-15-11-7-3/h9-10,13-14,21-22,25-26,32-35,41-42,44,46,52,56,69-71,76H,5-8,11-12,15-20,23-24,27-31,36-40,43,45,47-51,53-55,57-68H2,1-4H3,(H,81,82)(H,83,84)/b13-9-,14-10-,25-21-,26-22-,34-32-,35-33-,44-41-,46-42-,56-52-. The largest absolute Gasteiger partial charge is 0.472 e. The summed E-state index contributed by atoms with van der Waals surface area (Å²) in [6.07, 6.45) is 69.9. The second-order valence-electron chi connectivity index (χ2n) is 23.8. The van der Waals surface area contributed by atoms with Crippen molar-refractivity contribution in [1.29, 1.82) is 0 Å². The number of rotatable bonds is 67. The number of unbranched alkanes of at least 4 members (excludes halogenated alkanes) is 24. The van der Waals surface area contributed by atoms with Gasteiger partial charge in [-0.1, -0.05) is 278 Å². The maximum absolute atomic E-state index is 13.0. The first kappa shape index (κ1) is 89.7. The van der Waals surface area contributed by atoms with Crippen LogP contribution < -0.4 is 0 Å². The maximum Gasteiger partial charge on any atom is 0.472 e. The molecular weight excluding hydrogens is 1230 g/mol. The van der Waals surface area contributed by atoms with Crippen LogP contribution in [0.3, 0.4) is 0 Å². The summed E-state index contributed by atoms with van der Waals surface area (Å²) in [7, 11) is -9.97. The predicted molar refractivity (Wildman–Crippen MR) is 381 cm³/mol. The van der Waals surface area contributed by atoms with E-state index in [1.807, 2.05) is 24.3 Å². The highest BCUT2D eigenvalue weighted by atomic mass is 31.2. The van der Waals surface area contributed by atoms with E-state index in [0.29, 0.717) is 32.1 Å². The first-order valence-corrected chi connectivity index (χ1v) is 39.1. The Labute approximate surface area is 569 Å². The topological polar surface area (TPSA) is 237 Å². The Hall–Kier alpha value is -4.28. The smallest absolute Gasteiger partial charge is 0.462 e. The van der Waals surface area contributed by atoms with Crippen LogP contribution in [0.4, 0.5) is 0 Å². The lowest BCUT2D eigenvalue weighted by Gasteiger charge is -2.21. The number of hydrogen-bond acceptors (Lipinski definition) is 15. The Balaban J connectivity index is 5.43. The molecule has 0 aliphatic rings. The molecule has 540 valence electrons. The zero-order chi connectivity index (χ0) is 69.0. The third-order valence-corrected chi connectivity index (χ3v) is 16.7. The van der Waals surface area contributed by atoms with Crippen molar-refractivity contribution < 1.29 is 80.2 Å². The first-order valence-electron chi connectivity index (χ1n) is 36.1. The highest BCUT2D eigenvalue weighted by Crippen LogP contribution is 2.45.